The minimum atomic E-state index is -0.211. The Balaban J connectivity index is 1.38. The number of hydrogen-bond donors (Lipinski definition) is 1. The smallest absolute Gasteiger partial charge is 0.125 e. The fourth-order valence-corrected chi connectivity index (χ4v) is 4.11. The molecule has 6 heteroatoms. The van der Waals surface area contributed by atoms with Gasteiger partial charge in [0.2, 0.25) is 0 Å². The van der Waals surface area contributed by atoms with Crippen molar-refractivity contribution in [1.29, 1.82) is 0 Å². The lowest BCUT2D eigenvalue weighted by molar-refractivity contribution is -0.0539. The monoisotopic (exact) mass is 344 g/mol. The summed E-state index contributed by atoms with van der Waals surface area (Å²) in [7, 11) is 2.03. The van der Waals surface area contributed by atoms with Crippen molar-refractivity contribution in [3.8, 4) is 0 Å². The van der Waals surface area contributed by atoms with Gasteiger partial charge >= 0.3 is 0 Å². The van der Waals surface area contributed by atoms with Crippen LogP contribution in [0.1, 0.15) is 25.1 Å². The lowest BCUT2D eigenvalue weighted by Crippen LogP contribution is -2.48. The summed E-state index contributed by atoms with van der Waals surface area (Å²) in [6, 6.07) is 6.88. The molecule has 1 N–H and O–H groups in total. The first kappa shape index (κ1) is 16.5. The van der Waals surface area contributed by atoms with Gasteiger partial charge in [0.1, 0.15) is 11.6 Å². The maximum atomic E-state index is 13.4. The van der Waals surface area contributed by atoms with Gasteiger partial charge in [-0.15, -0.1) is 0 Å². The number of hydrogen-bond acceptors (Lipinski definition) is 4. The van der Waals surface area contributed by atoms with Crippen molar-refractivity contribution in [2.45, 2.75) is 37.5 Å². The van der Waals surface area contributed by atoms with Crippen LogP contribution >= 0.6 is 0 Å². The molecule has 25 heavy (non-hydrogen) atoms. The van der Waals surface area contributed by atoms with Crippen molar-refractivity contribution in [2.24, 2.45) is 7.05 Å². The predicted octanol–water partition coefficient (Wildman–Crippen LogP) is 2.79. The average Bonchev–Trinajstić information content (AvgIpc) is 3.15. The summed E-state index contributed by atoms with van der Waals surface area (Å²) in [5, 5.41) is 3.42. The highest BCUT2D eigenvalue weighted by atomic mass is 19.1. The van der Waals surface area contributed by atoms with E-state index in [2.05, 4.69) is 19.8 Å². The van der Waals surface area contributed by atoms with Gasteiger partial charge in [-0.3, -0.25) is 4.90 Å². The van der Waals surface area contributed by atoms with E-state index in [4.69, 9.17) is 4.74 Å². The number of ether oxygens (including phenoxy) is 1. The summed E-state index contributed by atoms with van der Waals surface area (Å²) in [4.78, 5) is 6.88. The van der Waals surface area contributed by atoms with Crippen LogP contribution in [0.25, 0.3) is 0 Å². The summed E-state index contributed by atoms with van der Waals surface area (Å²) >= 11 is 0. The molecule has 0 saturated carbocycles. The van der Waals surface area contributed by atoms with Crippen LogP contribution in [0.4, 0.5) is 10.1 Å². The number of benzene rings is 1. The summed E-state index contributed by atoms with van der Waals surface area (Å²) in [6.07, 6.45) is 7.02. The summed E-state index contributed by atoms with van der Waals surface area (Å²) < 4.78 is 21.7. The van der Waals surface area contributed by atoms with Crippen molar-refractivity contribution in [1.82, 2.24) is 14.5 Å². The predicted molar refractivity (Wildman–Crippen MR) is 94.8 cm³/mol. The highest BCUT2D eigenvalue weighted by molar-refractivity contribution is 5.44. The average molecular weight is 344 g/mol. The van der Waals surface area contributed by atoms with E-state index in [1.807, 2.05) is 25.5 Å². The standard InChI is InChI=1S/C19H25FN4O/c1-23-9-7-21-18(23)12-24-8-3-6-19(14-24)11-17(13-25-19)22-16-5-2-4-15(20)10-16/h2,4-5,7,9-10,17,22H,3,6,8,11-14H2,1H3/t17-,19-/m1/s1. The van der Waals surface area contributed by atoms with Crippen LogP contribution in [-0.2, 0) is 18.3 Å². The van der Waals surface area contributed by atoms with E-state index in [0.29, 0.717) is 6.61 Å². The van der Waals surface area contributed by atoms with Crippen molar-refractivity contribution in [2.75, 3.05) is 25.0 Å². The molecule has 2 saturated heterocycles. The van der Waals surface area contributed by atoms with Gasteiger partial charge in [0.15, 0.2) is 0 Å². The van der Waals surface area contributed by atoms with Crippen LogP contribution < -0.4 is 5.32 Å². The number of rotatable bonds is 4. The Morgan fingerprint density at radius 1 is 1.44 bits per heavy atom. The van der Waals surface area contributed by atoms with E-state index >= 15 is 0 Å². The lowest BCUT2D eigenvalue weighted by atomic mass is 9.88. The van der Waals surface area contributed by atoms with Crippen LogP contribution in [0.5, 0.6) is 0 Å². The molecule has 134 valence electrons. The number of likely N-dealkylation sites (tertiary alicyclic amines) is 1. The molecule has 1 aromatic heterocycles. The molecule has 0 aliphatic carbocycles. The Morgan fingerprint density at radius 2 is 2.36 bits per heavy atom. The Hall–Kier alpha value is -1.92. The maximum Gasteiger partial charge on any atom is 0.125 e. The van der Waals surface area contributed by atoms with Crippen molar-refractivity contribution in [3.05, 3.63) is 48.3 Å². The molecule has 0 unspecified atom stereocenters. The summed E-state index contributed by atoms with van der Waals surface area (Å²) in [5.74, 6) is 0.877. The van der Waals surface area contributed by atoms with Gasteiger partial charge in [0.25, 0.3) is 0 Å². The molecule has 1 spiro atoms. The number of aromatic nitrogens is 2. The topological polar surface area (TPSA) is 42.3 Å². The highest BCUT2D eigenvalue weighted by Crippen LogP contribution is 2.36. The van der Waals surface area contributed by atoms with Crippen LogP contribution in [0, 0.1) is 5.82 Å². The van der Waals surface area contributed by atoms with E-state index in [-0.39, 0.29) is 17.5 Å². The quantitative estimate of drug-likeness (QED) is 0.926. The van der Waals surface area contributed by atoms with Gasteiger partial charge < -0.3 is 14.6 Å². The van der Waals surface area contributed by atoms with Crippen LogP contribution in [0.3, 0.4) is 0 Å². The van der Waals surface area contributed by atoms with E-state index < -0.39 is 0 Å². The Labute approximate surface area is 147 Å². The molecule has 2 fully saturated rings. The first-order valence-electron chi connectivity index (χ1n) is 8.97. The third-order valence-corrected chi connectivity index (χ3v) is 5.31. The van der Waals surface area contributed by atoms with Gasteiger partial charge in [0, 0.05) is 31.7 Å². The van der Waals surface area contributed by atoms with Gasteiger partial charge in [-0.05, 0) is 44.0 Å². The minimum Gasteiger partial charge on any atom is -0.380 e. The second-order valence-corrected chi connectivity index (χ2v) is 7.32. The normalized spacial score (nSPS) is 27.0. The zero-order valence-corrected chi connectivity index (χ0v) is 14.6. The molecule has 3 heterocycles. The molecule has 2 atom stereocenters. The third kappa shape index (κ3) is 3.70. The molecule has 2 aliphatic rings. The van der Waals surface area contributed by atoms with Gasteiger partial charge in [-0.2, -0.15) is 0 Å². The van der Waals surface area contributed by atoms with Crippen molar-refractivity contribution < 1.29 is 9.13 Å². The molecule has 0 bridgehead atoms. The number of piperidine rings is 1. The number of nitrogens with zero attached hydrogens (tertiary/aromatic N) is 3. The molecular formula is C19H25FN4O. The zero-order chi connectivity index (χ0) is 17.3. The van der Waals surface area contributed by atoms with Crippen molar-refractivity contribution in [3.63, 3.8) is 0 Å². The maximum absolute atomic E-state index is 13.4. The lowest BCUT2D eigenvalue weighted by Gasteiger charge is -2.39. The van der Waals surface area contributed by atoms with E-state index in [1.165, 1.54) is 6.07 Å². The first-order valence-corrected chi connectivity index (χ1v) is 8.97. The number of imidazole rings is 1. The zero-order valence-electron chi connectivity index (χ0n) is 14.6. The molecule has 0 amide bonds. The summed E-state index contributed by atoms with van der Waals surface area (Å²) in [6.45, 7) is 3.55. The van der Waals surface area contributed by atoms with Crippen molar-refractivity contribution >= 4 is 5.69 Å². The van der Waals surface area contributed by atoms with Crippen LogP contribution in [0.15, 0.2) is 36.7 Å². The fourth-order valence-electron chi connectivity index (χ4n) is 4.11. The highest BCUT2D eigenvalue weighted by Gasteiger charge is 2.43. The van der Waals surface area contributed by atoms with E-state index in [1.54, 1.807) is 12.1 Å². The van der Waals surface area contributed by atoms with E-state index in [9.17, 15) is 4.39 Å². The first-order chi connectivity index (χ1) is 12.1. The Bertz CT molecular complexity index is 734. The number of halogens is 1. The van der Waals surface area contributed by atoms with Gasteiger partial charge in [-0.25, -0.2) is 9.37 Å². The molecular weight excluding hydrogens is 319 g/mol. The van der Waals surface area contributed by atoms with E-state index in [0.717, 1.165) is 50.4 Å². The molecule has 2 aromatic rings. The Morgan fingerprint density at radius 3 is 3.16 bits per heavy atom. The van der Waals surface area contributed by atoms with Gasteiger partial charge in [0.05, 0.1) is 24.8 Å². The SMILES string of the molecule is Cn1ccnc1CN1CCC[C@@]2(C[C@@H](Nc3cccc(F)c3)CO2)C1. The largest absolute Gasteiger partial charge is 0.380 e. The molecule has 4 rings (SSSR count). The van der Waals surface area contributed by atoms with Gasteiger partial charge in [-0.1, -0.05) is 6.07 Å². The number of anilines is 1. The number of nitrogens with one attached hydrogen (secondary N) is 1. The molecule has 0 radical (unpaired) electrons. The van der Waals surface area contributed by atoms with Crippen LogP contribution in [-0.4, -0.2) is 45.8 Å². The number of aryl methyl sites for hydroxylation is 1. The minimum absolute atomic E-state index is 0.0889. The summed E-state index contributed by atoms with van der Waals surface area (Å²) in [5.41, 5.74) is 0.736. The molecule has 5 nitrogen and oxygen atoms in total. The Kier molecular flexibility index (Phi) is 4.48. The molecule has 2 aliphatic heterocycles. The third-order valence-electron chi connectivity index (χ3n) is 5.31. The second kappa shape index (κ2) is 6.77. The molecule has 1 aromatic carbocycles. The fraction of sp³-hybridized carbons (Fsp3) is 0.526. The van der Waals surface area contributed by atoms with Crippen LogP contribution in [0.2, 0.25) is 0 Å². The second-order valence-electron chi connectivity index (χ2n) is 7.32.